The molecule has 0 bridgehead atoms. The molecule has 2 nitrogen and oxygen atoms in total. The Labute approximate surface area is 103 Å². The second-order valence-corrected chi connectivity index (χ2v) is 4.67. The molecule has 0 aromatic heterocycles. The molecule has 1 N–H and O–H groups in total. The van der Waals surface area contributed by atoms with Crippen molar-refractivity contribution in [3.05, 3.63) is 53.6 Å². The molecular formula is C12H9ClN2S. The van der Waals surface area contributed by atoms with Gasteiger partial charge in [-0.15, -0.1) is 0 Å². The fourth-order valence-corrected chi connectivity index (χ4v) is 2.70. The second-order valence-electron chi connectivity index (χ2n) is 3.48. The maximum atomic E-state index is 5.99. The molecule has 0 saturated carbocycles. The summed E-state index contributed by atoms with van der Waals surface area (Å²) in [5, 5.41) is 0.752. The number of fused-ring (bicyclic) bond motifs is 1. The van der Waals surface area contributed by atoms with Crippen LogP contribution in [0.25, 0.3) is 0 Å². The standard InChI is InChI=1S/C12H9ClN2S/c13-9-4-3-5-10(8-9)15-12-7-2-1-6-11(12)14-16-15/h1-8,14H. The predicted octanol–water partition coefficient (Wildman–Crippen LogP) is 4.47. The van der Waals surface area contributed by atoms with Crippen LogP contribution in [0.15, 0.2) is 48.5 Å². The van der Waals surface area contributed by atoms with E-state index in [9.17, 15) is 0 Å². The highest BCUT2D eigenvalue weighted by Gasteiger charge is 2.20. The zero-order chi connectivity index (χ0) is 11.0. The van der Waals surface area contributed by atoms with Gasteiger partial charge in [0.15, 0.2) is 0 Å². The van der Waals surface area contributed by atoms with Crippen molar-refractivity contribution in [1.29, 1.82) is 0 Å². The molecule has 4 heteroatoms. The second kappa shape index (κ2) is 3.92. The Kier molecular flexibility index (Phi) is 2.42. The van der Waals surface area contributed by atoms with Crippen molar-refractivity contribution in [2.75, 3.05) is 9.03 Å². The molecule has 0 atom stereocenters. The average Bonchev–Trinajstić information content (AvgIpc) is 2.72. The molecule has 1 aliphatic heterocycles. The summed E-state index contributed by atoms with van der Waals surface area (Å²) < 4.78 is 5.39. The fraction of sp³-hybridized carbons (Fsp3) is 0. The monoisotopic (exact) mass is 248 g/mol. The molecule has 0 saturated heterocycles. The van der Waals surface area contributed by atoms with E-state index in [1.807, 2.05) is 36.4 Å². The van der Waals surface area contributed by atoms with Gasteiger partial charge in [0.05, 0.1) is 29.2 Å². The Morgan fingerprint density at radius 1 is 1.06 bits per heavy atom. The minimum absolute atomic E-state index is 0.752. The molecule has 1 heterocycles. The third-order valence-electron chi connectivity index (χ3n) is 2.41. The Bertz CT molecular complexity index is 530. The topological polar surface area (TPSA) is 15.3 Å². The van der Waals surface area contributed by atoms with Crippen LogP contribution in [0.4, 0.5) is 17.1 Å². The van der Waals surface area contributed by atoms with E-state index < -0.39 is 0 Å². The molecule has 2 aromatic rings. The summed E-state index contributed by atoms with van der Waals surface area (Å²) in [6, 6.07) is 16.0. The summed E-state index contributed by atoms with van der Waals surface area (Å²) in [5.41, 5.74) is 3.37. The van der Waals surface area contributed by atoms with Crippen molar-refractivity contribution < 1.29 is 0 Å². The molecule has 0 aliphatic carbocycles. The van der Waals surface area contributed by atoms with Gasteiger partial charge in [0.2, 0.25) is 0 Å². The summed E-state index contributed by atoms with van der Waals surface area (Å²) in [6.45, 7) is 0. The molecule has 0 amide bonds. The lowest BCUT2D eigenvalue weighted by atomic mass is 10.2. The smallest absolute Gasteiger partial charge is 0.0782 e. The average molecular weight is 249 g/mol. The summed E-state index contributed by atoms with van der Waals surface area (Å²) in [6.07, 6.45) is 0. The van der Waals surface area contributed by atoms with Gasteiger partial charge in [-0.25, -0.2) is 0 Å². The largest absolute Gasteiger partial charge is 0.310 e. The van der Waals surface area contributed by atoms with E-state index in [0.717, 1.165) is 22.1 Å². The number of hydrogen-bond acceptors (Lipinski definition) is 3. The van der Waals surface area contributed by atoms with Crippen molar-refractivity contribution in [3.63, 3.8) is 0 Å². The molecule has 0 fully saturated rings. The Morgan fingerprint density at radius 3 is 2.81 bits per heavy atom. The molecular weight excluding hydrogens is 240 g/mol. The third-order valence-corrected chi connectivity index (χ3v) is 3.55. The molecule has 0 radical (unpaired) electrons. The van der Waals surface area contributed by atoms with Gasteiger partial charge in [-0.3, -0.25) is 4.31 Å². The van der Waals surface area contributed by atoms with Gasteiger partial charge in [0.25, 0.3) is 0 Å². The minimum atomic E-state index is 0.752. The summed E-state index contributed by atoms with van der Waals surface area (Å²) in [7, 11) is 0. The Balaban J connectivity index is 2.05. The van der Waals surface area contributed by atoms with Crippen LogP contribution in [0.1, 0.15) is 0 Å². The van der Waals surface area contributed by atoms with Crippen LogP contribution < -0.4 is 9.03 Å². The number of benzene rings is 2. The predicted molar refractivity (Wildman–Crippen MR) is 71.2 cm³/mol. The van der Waals surface area contributed by atoms with E-state index >= 15 is 0 Å². The van der Waals surface area contributed by atoms with Gasteiger partial charge >= 0.3 is 0 Å². The van der Waals surface area contributed by atoms with Crippen LogP contribution in [-0.4, -0.2) is 0 Å². The van der Waals surface area contributed by atoms with E-state index in [-0.39, 0.29) is 0 Å². The van der Waals surface area contributed by atoms with Gasteiger partial charge in [0, 0.05) is 5.02 Å². The van der Waals surface area contributed by atoms with E-state index in [1.54, 1.807) is 12.1 Å². The molecule has 1 aliphatic rings. The highest BCUT2D eigenvalue weighted by Crippen LogP contribution is 2.44. The molecule has 80 valence electrons. The lowest BCUT2D eigenvalue weighted by molar-refractivity contribution is 1.46. The van der Waals surface area contributed by atoms with Crippen LogP contribution in [0.2, 0.25) is 5.02 Å². The third kappa shape index (κ3) is 1.62. The summed E-state index contributed by atoms with van der Waals surface area (Å²) in [4.78, 5) is 0. The molecule has 2 aromatic carbocycles. The van der Waals surface area contributed by atoms with Gasteiger partial charge in [-0.05, 0) is 30.3 Å². The highest BCUT2D eigenvalue weighted by molar-refractivity contribution is 8.02. The first-order chi connectivity index (χ1) is 7.84. The first-order valence-corrected chi connectivity index (χ1v) is 6.07. The number of para-hydroxylation sites is 2. The van der Waals surface area contributed by atoms with Gasteiger partial charge < -0.3 is 4.72 Å². The van der Waals surface area contributed by atoms with Crippen LogP contribution >= 0.6 is 23.7 Å². The van der Waals surface area contributed by atoms with Gasteiger partial charge in [-0.2, -0.15) is 0 Å². The van der Waals surface area contributed by atoms with Crippen molar-refractivity contribution in [2.45, 2.75) is 0 Å². The van der Waals surface area contributed by atoms with Crippen LogP contribution in [0.5, 0.6) is 0 Å². The summed E-state index contributed by atoms with van der Waals surface area (Å²) in [5.74, 6) is 0. The number of rotatable bonds is 1. The van der Waals surface area contributed by atoms with E-state index in [1.165, 1.54) is 0 Å². The number of halogens is 1. The number of nitrogens with zero attached hydrogens (tertiary/aromatic N) is 1. The molecule has 0 unspecified atom stereocenters. The Morgan fingerprint density at radius 2 is 1.94 bits per heavy atom. The lowest BCUT2D eigenvalue weighted by Crippen LogP contribution is -2.01. The van der Waals surface area contributed by atoms with Gasteiger partial charge in [0.1, 0.15) is 0 Å². The van der Waals surface area contributed by atoms with Crippen molar-refractivity contribution in [1.82, 2.24) is 0 Å². The van der Waals surface area contributed by atoms with Crippen LogP contribution in [0.3, 0.4) is 0 Å². The number of nitrogens with one attached hydrogen (secondary N) is 1. The van der Waals surface area contributed by atoms with Crippen LogP contribution in [0, 0.1) is 0 Å². The quantitative estimate of drug-likeness (QED) is 0.750. The summed E-state index contributed by atoms with van der Waals surface area (Å²) >= 11 is 7.55. The maximum absolute atomic E-state index is 5.99. The zero-order valence-electron chi connectivity index (χ0n) is 8.35. The van der Waals surface area contributed by atoms with Gasteiger partial charge in [-0.1, -0.05) is 29.8 Å². The molecule has 3 rings (SSSR count). The van der Waals surface area contributed by atoms with Crippen molar-refractivity contribution in [2.24, 2.45) is 0 Å². The van der Waals surface area contributed by atoms with E-state index in [4.69, 9.17) is 11.6 Å². The first-order valence-electron chi connectivity index (χ1n) is 4.92. The maximum Gasteiger partial charge on any atom is 0.0782 e. The lowest BCUT2D eigenvalue weighted by Gasteiger charge is -2.15. The van der Waals surface area contributed by atoms with Crippen molar-refractivity contribution >= 4 is 40.8 Å². The first kappa shape index (κ1) is 9.87. The van der Waals surface area contributed by atoms with E-state index in [0.29, 0.717) is 0 Å². The SMILES string of the molecule is Clc1cccc(N2SNc3ccccc32)c1. The number of hydrogen-bond donors (Lipinski definition) is 1. The minimum Gasteiger partial charge on any atom is -0.310 e. The highest BCUT2D eigenvalue weighted by atomic mass is 35.5. The number of anilines is 3. The van der Waals surface area contributed by atoms with Crippen molar-refractivity contribution in [3.8, 4) is 0 Å². The van der Waals surface area contributed by atoms with Crippen LogP contribution in [-0.2, 0) is 0 Å². The van der Waals surface area contributed by atoms with E-state index in [2.05, 4.69) is 21.2 Å². The molecule has 16 heavy (non-hydrogen) atoms. The Hall–Kier alpha value is -1.32. The molecule has 0 spiro atoms. The fourth-order valence-electron chi connectivity index (χ4n) is 1.68. The normalized spacial score (nSPS) is 13.4. The zero-order valence-corrected chi connectivity index (χ0v) is 9.92.